The van der Waals surface area contributed by atoms with Gasteiger partial charge < -0.3 is 19.7 Å². The van der Waals surface area contributed by atoms with Gasteiger partial charge in [-0.2, -0.15) is 0 Å². The van der Waals surface area contributed by atoms with E-state index in [2.05, 4.69) is 22.3 Å². The summed E-state index contributed by atoms with van der Waals surface area (Å²) in [6.07, 6.45) is 2.45. The Balaban J connectivity index is 1.64. The molecule has 0 radical (unpaired) electrons. The molecular weight excluding hydrogens is 306 g/mol. The highest BCUT2D eigenvalue weighted by molar-refractivity contribution is 5.74. The average molecular weight is 333 g/mol. The Morgan fingerprint density at radius 1 is 1.17 bits per heavy atom. The van der Waals surface area contributed by atoms with Crippen molar-refractivity contribution in [3.63, 3.8) is 0 Å². The molecule has 1 aromatic rings. The summed E-state index contributed by atoms with van der Waals surface area (Å²) in [4.78, 5) is 16.7. The van der Waals surface area contributed by atoms with Gasteiger partial charge in [0.15, 0.2) is 0 Å². The number of likely N-dealkylation sites (tertiary alicyclic amines) is 1. The molecule has 1 N–H and O–H groups in total. The number of amides is 2. The predicted octanol–water partition coefficient (Wildman–Crippen LogP) is 1.87. The van der Waals surface area contributed by atoms with Gasteiger partial charge in [-0.15, -0.1) is 0 Å². The molecule has 6 nitrogen and oxygen atoms in total. The largest absolute Gasteiger partial charge is 0.497 e. The molecule has 2 saturated heterocycles. The molecule has 2 fully saturated rings. The minimum Gasteiger partial charge on any atom is -0.497 e. The van der Waals surface area contributed by atoms with Gasteiger partial charge >= 0.3 is 6.03 Å². The minimum atomic E-state index is 0.0102. The summed E-state index contributed by atoms with van der Waals surface area (Å²) < 4.78 is 10.6. The highest BCUT2D eigenvalue weighted by Gasteiger charge is 2.25. The van der Waals surface area contributed by atoms with E-state index < -0.39 is 0 Å². The zero-order valence-corrected chi connectivity index (χ0v) is 14.4. The normalized spacial score (nSPS) is 20.0. The van der Waals surface area contributed by atoms with Crippen molar-refractivity contribution in [3.8, 4) is 5.75 Å². The number of nitrogens with zero attached hydrogens (tertiary/aromatic N) is 2. The third kappa shape index (κ3) is 4.19. The Hall–Kier alpha value is -1.79. The molecule has 1 aromatic carbocycles. The van der Waals surface area contributed by atoms with E-state index in [1.807, 2.05) is 17.0 Å². The Morgan fingerprint density at radius 3 is 2.46 bits per heavy atom. The zero-order valence-electron chi connectivity index (χ0n) is 14.4. The third-order valence-electron chi connectivity index (χ3n) is 4.83. The number of nitrogens with one attached hydrogen (secondary N) is 1. The maximum Gasteiger partial charge on any atom is 0.317 e. The van der Waals surface area contributed by atoms with E-state index in [4.69, 9.17) is 9.47 Å². The third-order valence-corrected chi connectivity index (χ3v) is 4.83. The first-order valence-corrected chi connectivity index (χ1v) is 8.76. The van der Waals surface area contributed by atoms with Crippen LogP contribution in [0, 0.1) is 0 Å². The van der Waals surface area contributed by atoms with Gasteiger partial charge in [0, 0.05) is 19.6 Å². The molecule has 2 aliphatic heterocycles. The first kappa shape index (κ1) is 17.0. The van der Waals surface area contributed by atoms with Gasteiger partial charge in [-0.3, -0.25) is 4.90 Å². The Morgan fingerprint density at radius 2 is 1.83 bits per heavy atom. The number of morpholine rings is 1. The monoisotopic (exact) mass is 333 g/mol. The van der Waals surface area contributed by atoms with Crippen LogP contribution in [0.25, 0.3) is 0 Å². The molecule has 6 heteroatoms. The van der Waals surface area contributed by atoms with Gasteiger partial charge in [-0.1, -0.05) is 12.1 Å². The summed E-state index contributed by atoms with van der Waals surface area (Å²) in [5.41, 5.74) is 1.22. The van der Waals surface area contributed by atoms with E-state index >= 15 is 0 Å². The van der Waals surface area contributed by atoms with Crippen LogP contribution in [0.4, 0.5) is 4.79 Å². The second-order valence-corrected chi connectivity index (χ2v) is 6.32. The molecule has 0 spiro atoms. The van der Waals surface area contributed by atoms with E-state index in [0.717, 1.165) is 18.8 Å². The summed E-state index contributed by atoms with van der Waals surface area (Å²) in [6, 6.07) is 8.40. The maximum atomic E-state index is 12.4. The lowest BCUT2D eigenvalue weighted by Crippen LogP contribution is -2.48. The Bertz CT molecular complexity index is 523. The fourth-order valence-electron chi connectivity index (χ4n) is 3.40. The number of urea groups is 1. The molecule has 2 aliphatic rings. The summed E-state index contributed by atoms with van der Waals surface area (Å²) in [5.74, 6) is 0.858. The van der Waals surface area contributed by atoms with Crippen molar-refractivity contribution >= 4 is 6.03 Å². The molecule has 24 heavy (non-hydrogen) atoms. The van der Waals surface area contributed by atoms with Gasteiger partial charge in [-0.05, 0) is 43.6 Å². The molecule has 0 bridgehead atoms. The number of ether oxygens (including phenoxy) is 2. The SMILES string of the molecule is COc1ccc(C(CNC(=O)N2CCOCC2)N2CCCC2)cc1. The number of carbonyl (C=O) groups is 1. The number of rotatable bonds is 5. The average Bonchev–Trinajstić information content (AvgIpc) is 3.17. The van der Waals surface area contributed by atoms with Gasteiger partial charge in [-0.25, -0.2) is 4.79 Å². The predicted molar refractivity (Wildman–Crippen MR) is 92.3 cm³/mol. The number of methoxy groups -OCH3 is 1. The van der Waals surface area contributed by atoms with Crippen LogP contribution in [0.2, 0.25) is 0 Å². The molecule has 1 atom stereocenters. The van der Waals surface area contributed by atoms with Crippen molar-refractivity contribution in [1.82, 2.24) is 15.1 Å². The molecule has 132 valence electrons. The van der Waals surface area contributed by atoms with Crippen molar-refractivity contribution in [3.05, 3.63) is 29.8 Å². The first-order valence-electron chi connectivity index (χ1n) is 8.76. The van der Waals surface area contributed by atoms with Crippen LogP contribution in [0.1, 0.15) is 24.4 Å². The lowest BCUT2D eigenvalue weighted by molar-refractivity contribution is 0.0527. The molecular formula is C18H27N3O3. The van der Waals surface area contributed by atoms with Gasteiger partial charge in [0.1, 0.15) is 5.75 Å². The van der Waals surface area contributed by atoms with Gasteiger partial charge in [0.25, 0.3) is 0 Å². The second-order valence-electron chi connectivity index (χ2n) is 6.32. The quantitative estimate of drug-likeness (QED) is 0.894. The van der Waals surface area contributed by atoms with E-state index in [1.54, 1.807) is 7.11 Å². The maximum absolute atomic E-state index is 12.4. The number of hydrogen-bond acceptors (Lipinski definition) is 4. The van der Waals surface area contributed by atoms with E-state index in [0.29, 0.717) is 32.8 Å². The smallest absolute Gasteiger partial charge is 0.317 e. The molecule has 2 amide bonds. The molecule has 0 aromatic heterocycles. The summed E-state index contributed by atoms with van der Waals surface area (Å²) in [7, 11) is 1.68. The molecule has 0 aliphatic carbocycles. The Labute approximate surface area is 143 Å². The highest BCUT2D eigenvalue weighted by atomic mass is 16.5. The fraction of sp³-hybridized carbons (Fsp3) is 0.611. The van der Waals surface area contributed by atoms with E-state index in [9.17, 15) is 4.79 Å². The first-order chi connectivity index (χ1) is 11.8. The fourth-order valence-corrected chi connectivity index (χ4v) is 3.40. The van der Waals surface area contributed by atoms with Crippen molar-refractivity contribution in [2.45, 2.75) is 18.9 Å². The Kier molecular flexibility index (Phi) is 5.93. The summed E-state index contributed by atoms with van der Waals surface area (Å²) in [5, 5.41) is 3.11. The van der Waals surface area contributed by atoms with Crippen molar-refractivity contribution < 1.29 is 14.3 Å². The van der Waals surface area contributed by atoms with Crippen molar-refractivity contribution in [2.24, 2.45) is 0 Å². The topological polar surface area (TPSA) is 54.0 Å². The van der Waals surface area contributed by atoms with Crippen LogP contribution in [-0.4, -0.2) is 68.9 Å². The standard InChI is InChI=1S/C18H27N3O3/c1-23-16-6-4-15(5-7-16)17(20-8-2-3-9-20)14-19-18(22)21-10-12-24-13-11-21/h4-7,17H,2-3,8-14H2,1H3,(H,19,22). The number of benzene rings is 1. The zero-order chi connectivity index (χ0) is 16.8. The second kappa shape index (κ2) is 8.35. The van der Waals surface area contributed by atoms with E-state index in [1.165, 1.54) is 18.4 Å². The van der Waals surface area contributed by atoms with Crippen molar-refractivity contribution in [2.75, 3.05) is 53.0 Å². The van der Waals surface area contributed by atoms with Crippen LogP contribution in [0.3, 0.4) is 0 Å². The molecule has 0 saturated carbocycles. The van der Waals surface area contributed by atoms with Crippen LogP contribution < -0.4 is 10.1 Å². The van der Waals surface area contributed by atoms with Crippen LogP contribution in [0.5, 0.6) is 5.75 Å². The highest BCUT2D eigenvalue weighted by Crippen LogP contribution is 2.26. The molecule has 3 rings (SSSR count). The minimum absolute atomic E-state index is 0.0102. The number of hydrogen-bond donors (Lipinski definition) is 1. The van der Waals surface area contributed by atoms with Crippen LogP contribution >= 0.6 is 0 Å². The molecule has 1 unspecified atom stereocenters. The van der Waals surface area contributed by atoms with Crippen molar-refractivity contribution in [1.29, 1.82) is 0 Å². The molecule has 2 heterocycles. The van der Waals surface area contributed by atoms with Crippen LogP contribution in [-0.2, 0) is 4.74 Å². The summed E-state index contributed by atoms with van der Waals surface area (Å²) >= 11 is 0. The summed E-state index contributed by atoms with van der Waals surface area (Å²) in [6.45, 7) is 5.39. The van der Waals surface area contributed by atoms with Crippen LogP contribution in [0.15, 0.2) is 24.3 Å². The number of carbonyl (C=O) groups excluding carboxylic acids is 1. The lowest BCUT2D eigenvalue weighted by Gasteiger charge is -2.31. The van der Waals surface area contributed by atoms with Gasteiger partial charge in [0.05, 0.1) is 26.4 Å². The van der Waals surface area contributed by atoms with Gasteiger partial charge in [0.2, 0.25) is 0 Å². The lowest BCUT2D eigenvalue weighted by atomic mass is 10.1. The van der Waals surface area contributed by atoms with E-state index in [-0.39, 0.29) is 12.1 Å².